The van der Waals surface area contributed by atoms with E-state index in [-0.39, 0.29) is 6.03 Å². The monoisotopic (exact) mass is 291 g/mol. The van der Waals surface area contributed by atoms with Gasteiger partial charge in [-0.3, -0.25) is 0 Å². The number of urea groups is 1. The van der Waals surface area contributed by atoms with Crippen molar-refractivity contribution in [2.75, 3.05) is 18.4 Å². The van der Waals surface area contributed by atoms with Crippen molar-refractivity contribution in [2.24, 2.45) is 0 Å². The lowest BCUT2D eigenvalue weighted by molar-refractivity contribution is 0.222. The molecule has 0 bridgehead atoms. The Morgan fingerprint density at radius 3 is 2.05 bits per heavy atom. The molecule has 4 rings (SSSR count). The molecular weight excluding hydrogens is 274 g/mol. The van der Waals surface area contributed by atoms with E-state index in [0.717, 1.165) is 53.4 Å². The van der Waals surface area contributed by atoms with Crippen LogP contribution in [0.25, 0.3) is 21.8 Å². The second-order valence-electron chi connectivity index (χ2n) is 5.65. The number of nitrogens with zero attached hydrogens (tertiary/aromatic N) is 2. The SMILES string of the molecule is O=C(Nc1c2ccccc2nc2ccccc12)N1CCCC1. The number of nitrogens with one attached hydrogen (secondary N) is 1. The van der Waals surface area contributed by atoms with E-state index in [1.54, 1.807) is 0 Å². The first-order chi connectivity index (χ1) is 10.8. The van der Waals surface area contributed by atoms with Crippen LogP contribution in [0.15, 0.2) is 48.5 Å². The minimum absolute atomic E-state index is 0.0148. The normalized spacial score (nSPS) is 14.6. The highest BCUT2D eigenvalue weighted by Crippen LogP contribution is 2.30. The standard InChI is InChI=1S/C18H17N3O/c22-18(21-11-5-6-12-21)20-17-13-7-1-3-9-15(13)19-16-10-4-2-8-14(16)17/h1-4,7-10H,5-6,11-12H2,(H,19,20,22). The summed E-state index contributed by atoms with van der Waals surface area (Å²) in [5.41, 5.74) is 2.66. The number of hydrogen-bond acceptors (Lipinski definition) is 2. The average molecular weight is 291 g/mol. The maximum Gasteiger partial charge on any atom is 0.321 e. The van der Waals surface area contributed by atoms with Gasteiger partial charge >= 0.3 is 6.03 Å². The van der Waals surface area contributed by atoms with Crippen LogP contribution in [0.4, 0.5) is 10.5 Å². The van der Waals surface area contributed by atoms with Gasteiger partial charge in [-0.2, -0.15) is 0 Å². The first-order valence-corrected chi connectivity index (χ1v) is 7.66. The number of pyridine rings is 1. The smallest absolute Gasteiger partial charge is 0.321 e. The van der Waals surface area contributed by atoms with Crippen molar-refractivity contribution in [1.82, 2.24) is 9.88 Å². The molecule has 1 fully saturated rings. The quantitative estimate of drug-likeness (QED) is 0.688. The Hall–Kier alpha value is -2.62. The van der Waals surface area contributed by atoms with Gasteiger partial charge in [0.15, 0.2) is 0 Å². The Morgan fingerprint density at radius 2 is 1.45 bits per heavy atom. The Labute approximate surface area is 128 Å². The fourth-order valence-electron chi connectivity index (χ4n) is 3.08. The third-order valence-electron chi connectivity index (χ3n) is 4.21. The van der Waals surface area contributed by atoms with E-state index in [9.17, 15) is 4.79 Å². The molecule has 110 valence electrons. The molecule has 3 aromatic rings. The van der Waals surface area contributed by atoms with E-state index in [1.807, 2.05) is 53.4 Å². The summed E-state index contributed by atoms with van der Waals surface area (Å²) >= 11 is 0. The van der Waals surface area contributed by atoms with Crippen LogP contribution in [0.3, 0.4) is 0 Å². The summed E-state index contributed by atoms with van der Waals surface area (Å²) in [5, 5.41) is 5.08. The molecule has 2 heterocycles. The first kappa shape index (κ1) is 13.1. The number of hydrogen-bond donors (Lipinski definition) is 1. The minimum Gasteiger partial charge on any atom is -0.325 e. The summed E-state index contributed by atoms with van der Waals surface area (Å²) in [4.78, 5) is 19.1. The highest BCUT2D eigenvalue weighted by Gasteiger charge is 2.19. The first-order valence-electron chi connectivity index (χ1n) is 7.66. The molecule has 2 amide bonds. The highest BCUT2D eigenvalue weighted by molar-refractivity contribution is 6.12. The predicted octanol–water partition coefficient (Wildman–Crippen LogP) is 4.02. The lowest BCUT2D eigenvalue weighted by atomic mass is 10.1. The fourth-order valence-corrected chi connectivity index (χ4v) is 3.08. The number of likely N-dealkylation sites (tertiary alicyclic amines) is 1. The van der Waals surface area contributed by atoms with Gasteiger partial charge < -0.3 is 10.2 Å². The molecule has 4 nitrogen and oxygen atoms in total. The zero-order chi connectivity index (χ0) is 14.9. The van der Waals surface area contributed by atoms with Crippen LogP contribution < -0.4 is 5.32 Å². The fraction of sp³-hybridized carbons (Fsp3) is 0.222. The van der Waals surface area contributed by atoms with Gasteiger partial charge in [0, 0.05) is 23.9 Å². The molecule has 1 aromatic heterocycles. The summed E-state index contributed by atoms with van der Waals surface area (Å²) in [6.45, 7) is 1.68. The Morgan fingerprint density at radius 1 is 0.909 bits per heavy atom. The van der Waals surface area contributed by atoms with E-state index in [2.05, 4.69) is 10.3 Å². The molecule has 22 heavy (non-hydrogen) atoms. The molecule has 4 heteroatoms. The number of amides is 2. The van der Waals surface area contributed by atoms with Crippen LogP contribution >= 0.6 is 0 Å². The molecule has 1 aliphatic heterocycles. The average Bonchev–Trinajstić information content (AvgIpc) is 3.09. The number of fused-ring (bicyclic) bond motifs is 2. The van der Waals surface area contributed by atoms with Crippen LogP contribution in [-0.2, 0) is 0 Å². The molecule has 0 spiro atoms. The maximum atomic E-state index is 12.5. The second kappa shape index (κ2) is 5.30. The Bertz CT molecular complexity index is 799. The van der Waals surface area contributed by atoms with Gasteiger partial charge in [0.05, 0.1) is 16.7 Å². The van der Waals surface area contributed by atoms with E-state index in [1.165, 1.54) is 0 Å². The lowest BCUT2D eigenvalue weighted by Gasteiger charge is -2.18. The third-order valence-corrected chi connectivity index (χ3v) is 4.21. The van der Waals surface area contributed by atoms with Crippen LogP contribution in [0.5, 0.6) is 0 Å². The third kappa shape index (κ3) is 2.17. The highest BCUT2D eigenvalue weighted by atomic mass is 16.2. The summed E-state index contributed by atoms with van der Waals surface area (Å²) in [5.74, 6) is 0. The molecule has 0 aliphatic carbocycles. The Kier molecular flexibility index (Phi) is 3.15. The summed E-state index contributed by atoms with van der Waals surface area (Å²) in [7, 11) is 0. The molecule has 0 unspecified atom stereocenters. The molecule has 2 aromatic carbocycles. The number of aromatic nitrogens is 1. The molecule has 1 N–H and O–H groups in total. The largest absolute Gasteiger partial charge is 0.325 e. The summed E-state index contributed by atoms with van der Waals surface area (Å²) < 4.78 is 0. The number of carbonyl (C=O) groups excluding carboxylic acids is 1. The van der Waals surface area contributed by atoms with Crippen LogP contribution in [0.1, 0.15) is 12.8 Å². The number of para-hydroxylation sites is 2. The minimum atomic E-state index is -0.0148. The number of benzene rings is 2. The van der Waals surface area contributed by atoms with E-state index in [0.29, 0.717) is 0 Å². The van der Waals surface area contributed by atoms with Crippen molar-refractivity contribution in [3.63, 3.8) is 0 Å². The number of anilines is 1. The van der Waals surface area contributed by atoms with Gasteiger partial charge in [0.2, 0.25) is 0 Å². The number of rotatable bonds is 1. The van der Waals surface area contributed by atoms with Crippen molar-refractivity contribution >= 4 is 33.5 Å². The van der Waals surface area contributed by atoms with Crippen LogP contribution in [0, 0.1) is 0 Å². The van der Waals surface area contributed by atoms with Crippen molar-refractivity contribution < 1.29 is 4.79 Å². The van der Waals surface area contributed by atoms with Crippen molar-refractivity contribution in [3.8, 4) is 0 Å². The lowest BCUT2D eigenvalue weighted by Crippen LogP contribution is -2.32. The van der Waals surface area contributed by atoms with Crippen molar-refractivity contribution in [2.45, 2.75) is 12.8 Å². The van der Waals surface area contributed by atoms with Crippen LogP contribution in [0.2, 0.25) is 0 Å². The van der Waals surface area contributed by atoms with Gasteiger partial charge in [-0.1, -0.05) is 36.4 Å². The van der Waals surface area contributed by atoms with Crippen LogP contribution in [-0.4, -0.2) is 29.0 Å². The van der Waals surface area contributed by atoms with E-state index >= 15 is 0 Å². The molecule has 0 radical (unpaired) electrons. The summed E-state index contributed by atoms with van der Waals surface area (Å²) in [6.07, 6.45) is 2.18. The van der Waals surface area contributed by atoms with E-state index < -0.39 is 0 Å². The Balaban J connectivity index is 1.86. The number of carbonyl (C=O) groups is 1. The predicted molar refractivity (Wildman–Crippen MR) is 89.1 cm³/mol. The zero-order valence-corrected chi connectivity index (χ0v) is 12.2. The summed E-state index contributed by atoms with van der Waals surface area (Å²) in [6, 6.07) is 15.9. The van der Waals surface area contributed by atoms with Crippen molar-refractivity contribution in [1.29, 1.82) is 0 Å². The van der Waals surface area contributed by atoms with Gasteiger partial charge in [0.25, 0.3) is 0 Å². The van der Waals surface area contributed by atoms with E-state index in [4.69, 9.17) is 0 Å². The molecular formula is C18H17N3O. The van der Waals surface area contributed by atoms with Crippen molar-refractivity contribution in [3.05, 3.63) is 48.5 Å². The second-order valence-corrected chi connectivity index (χ2v) is 5.65. The maximum absolute atomic E-state index is 12.5. The zero-order valence-electron chi connectivity index (χ0n) is 12.2. The van der Waals surface area contributed by atoms with Gasteiger partial charge in [0.1, 0.15) is 0 Å². The molecule has 0 atom stereocenters. The molecule has 0 saturated carbocycles. The molecule has 1 saturated heterocycles. The van der Waals surface area contributed by atoms with Gasteiger partial charge in [-0.25, -0.2) is 9.78 Å². The van der Waals surface area contributed by atoms with Gasteiger partial charge in [-0.05, 0) is 25.0 Å². The molecule has 1 aliphatic rings. The topological polar surface area (TPSA) is 45.2 Å². The van der Waals surface area contributed by atoms with Gasteiger partial charge in [-0.15, -0.1) is 0 Å².